The first-order valence-corrected chi connectivity index (χ1v) is 10.8. The summed E-state index contributed by atoms with van der Waals surface area (Å²) in [6.07, 6.45) is 1.62. The number of carbonyl (C=O) groups excluding carboxylic acids is 2. The average molecular weight is 450 g/mol. The summed E-state index contributed by atoms with van der Waals surface area (Å²) < 4.78 is 16.3. The van der Waals surface area contributed by atoms with Crippen molar-refractivity contribution in [2.45, 2.75) is 76.2 Å². The molecular weight excluding hydrogens is 420 g/mol. The molecule has 2 heterocycles. The van der Waals surface area contributed by atoms with Crippen molar-refractivity contribution >= 4 is 11.8 Å². The summed E-state index contributed by atoms with van der Waals surface area (Å²) in [6, 6.07) is 2.58. The van der Waals surface area contributed by atoms with Gasteiger partial charge in [0, 0.05) is 25.3 Å². The highest BCUT2D eigenvalue weighted by Gasteiger charge is 2.44. The standard InChI is InChI=1S/C23H30O9/c1-13-7-5-3-2-4-6-8-15(25)9-14-10-16(11-17(26)19(14)22(29)30-13)31-23-21(28)20(27)18(12-24)32-23/h3,5,10-11,13,18,20-21,23-24,26-28H,2,4,6-9,12H2,1H3/t13-,18-,20+,21+,23+/m0/s1. The Morgan fingerprint density at radius 3 is 2.62 bits per heavy atom. The van der Waals surface area contributed by atoms with Crippen LogP contribution in [0.4, 0.5) is 0 Å². The lowest BCUT2D eigenvalue weighted by Crippen LogP contribution is -2.35. The Labute approximate surface area is 186 Å². The number of aliphatic hydroxyl groups is 3. The molecule has 5 atom stereocenters. The molecule has 0 radical (unpaired) electrons. The molecule has 176 valence electrons. The van der Waals surface area contributed by atoms with Crippen LogP contribution >= 0.6 is 0 Å². The van der Waals surface area contributed by atoms with Gasteiger partial charge in [-0.3, -0.25) is 4.79 Å². The molecule has 1 fully saturated rings. The van der Waals surface area contributed by atoms with E-state index >= 15 is 0 Å². The fraction of sp³-hybridized carbons (Fsp3) is 0.565. The molecule has 3 rings (SSSR count). The van der Waals surface area contributed by atoms with Gasteiger partial charge < -0.3 is 34.6 Å². The van der Waals surface area contributed by atoms with Crippen molar-refractivity contribution in [3.63, 3.8) is 0 Å². The maximum Gasteiger partial charge on any atom is 0.342 e. The van der Waals surface area contributed by atoms with E-state index in [-0.39, 0.29) is 29.1 Å². The number of aliphatic hydroxyl groups excluding tert-OH is 3. The summed E-state index contributed by atoms with van der Waals surface area (Å²) in [5.74, 6) is -1.24. The van der Waals surface area contributed by atoms with E-state index in [1.54, 1.807) is 6.92 Å². The van der Waals surface area contributed by atoms with Crippen molar-refractivity contribution in [3.05, 3.63) is 35.4 Å². The molecule has 9 heteroatoms. The van der Waals surface area contributed by atoms with Crippen molar-refractivity contribution in [3.8, 4) is 11.5 Å². The highest BCUT2D eigenvalue weighted by atomic mass is 16.7. The minimum absolute atomic E-state index is 0.0359. The molecule has 2 aliphatic heterocycles. The minimum atomic E-state index is -1.43. The van der Waals surface area contributed by atoms with Crippen molar-refractivity contribution in [1.29, 1.82) is 0 Å². The lowest BCUT2D eigenvalue weighted by atomic mass is 9.98. The van der Waals surface area contributed by atoms with E-state index in [1.807, 2.05) is 12.2 Å². The summed E-state index contributed by atoms with van der Waals surface area (Å²) >= 11 is 0. The number of rotatable bonds is 3. The van der Waals surface area contributed by atoms with Gasteiger partial charge in [0.1, 0.15) is 47.3 Å². The Hall–Kier alpha value is -2.46. The number of fused-ring (bicyclic) bond motifs is 1. The van der Waals surface area contributed by atoms with Crippen LogP contribution in [-0.2, 0) is 20.7 Å². The first-order chi connectivity index (χ1) is 15.3. The van der Waals surface area contributed by atoms with Gasteiger partial charge in [-0.15, -0.1) is 0 Å². The maximum atomic E-state index is 12.8. The van der Waals surface area contributed by atoms with Gasteiger partial charge in [0.25, 0.3) is 0 Å². The quantitative estimate of drug-likeness (QED) is 0.397. The number of benzene rings is 1. The monoisotopic (exact) mass is 450 g/mol. The molecule has 0 aliphatic carbocycles. The predicted octanol–water partition coefficient (Wildman–Crippen LogP) is 1.39. The molecule has 9 nitrogen and oxygen atoms in total. The molecule has 0 aromatic heterocycles. The van der Waals surface area contributed by atoms with Crippen LogP contribution in [-0.4, -0.2) is 69.5 Å². The summed E-state index contributed by atoms with van der Waals surface area (Å²) in [6.45, 7) is 1.23. The van der Waals surface area contributed by atoms with Gasteiger partial charge >= 0.3 is 5.97 Å². The number of phenolic OH excluding ortho intramolecular Hbond substituents is 1. The van der Waals surface area contributed by atoms with E-state index in [0.717, 1.165) is 18.9 Å². The van der Waals surface area contributed by atoms with E-state index in [2.05, 4.69) is 0 Å². The van der Waals surface area contributed by atoms with Crippen LogP contribution in [0.5, 0.6) is 11.5 Å². The molecule has 1 aromatic rings. The van der Waals surface area contributed by atoms with Crippen LogP contribution in [0.2, 0.25) is 0 Å². The van der Waals surface area contributed by atoms with Gasteiger partial charge in [-0.2, -0.15) is 0 Å². The number of ketones is 1. The van der Waals surface area contributed by atoms with Crippen molar-refractivity contribution in [2.24, 2.45) is 0 Å². The molecule has 1 aromatic carbocycles. The molecule has 1 saturated heterocycles. The van der Waals surface area contributed by atoms with Gasteiger partial charge in [-0.1, -0.05) is 12.2 Å². The Balaban J connectivity index is 1.88. The number of hydrogen-bond donors (Lipinski definition) is 4. The number of esters is 1. The third-order valence-corrected chi connectivity index (χ3v) is 5.53. The Kier molecular flexibility index (Phi) is 8.25. The van der Waals surface area contributed by atoms with E-state index in [1.165, 1.54) is 6.07 Å². The summed E-state index contributed by atoms with van der Waals surface area (Å²) in [7, 11) is 0. The van der Waals surface area contributed by atoms with E-state index in [0.29, 0.717) is 19.3 Å². The normalized spacial score (nSPS) is 29.8. The Morgan fingerprint density at radius 1 is 1.12 bits per heavy atom. The fourth-order valence-corrected chi connectivity index (χ4v) is 3.78. The second-order valence-corrected chi connectivity index (χ2v) is 8.19. The van der Waals surface area contributed by atoms with Gasteiger partial charge in [-0.05, 0) is 37.8 Å². The lowest BCUT2D eigenvalue weighted by Gasteiger charge is -2.20. The van der Waals surface area contributed by atoms with Gasteiger partial charge in [0.15, 0.2) is 0 Å². The number of cyclic esters (lactones) is 1. The number of ether oxygens (including phenoxy) is 3. The van der Waals surface area contributed by atoms with Gasteiger partial charge in [-0.25, -0.2) is 4.79 Å². The van der Waals surface area contributed by atoms with Crippen LogP contribution in [0.3, 0.4) is 0 Å². The highest BCUT2D eigenvalue weighted by Crippen LogP contribution is 2.33. The molecule has 0 saturated carbocycles. The first kappa shape index (κ1) is 24.2. The minimum Gasteiger partial charge on any atom is -0.507 e. The van der Waals surface area contributed by atoms with Crippen molar-refractivity contribution in [2.75, 3.05) is 6.61 Å². The molecule has 0 amide bonds. The van der Waals surface area contributed by atoms with Gasteiger partial charge in [0.05, 0.1) is 6.61 Å². The second kappa shape index (κ2) is 10.9. The van der Waals surface area contributed by atoms with Crippen LogP contribution in [0.25, 0.3) is 0 Å². The Bertz CT molecular complexity index is 850. The number of aromatic hydroxyl groups is 1. The topological polar surface area (TPSA) is 143 Å². The molecule has 0 spiro atoms. The zero-order chi connectivity index (χ0) is 23.3. The van der Waals surface area contributed by atoms with Crippen LogP contribution in [0.1, 0.15) is 54.9 Å². The third kappa shape index (κ3) is 5.86. The van der Waals surface area contributed by atoms with Crippen molar-refractivity contribution < 1.29 is 44.2 Å². The second-order valence-electron chi connectivity index (χ2n) is 8.19. The smallest absolute Gasteiger partial charge is 0.342 e. The van der Waals surface area contributed by atoms with E-state index in [9.17, 15) is 30.0 Å². The molecule has 32 heavy (non-hydrogen) atoms. The predicted molar refractivity (Wildman–Crippen MR) is 112 cm³/mol. The summed E-state index contributed by atoms with van der Waals surface area (Å²) in [5, 5.41) is 39.8. The lowest BCUT2D eigenvalue weighted by molar-refractivity contribution is -0.118. The number of phenols is 1. The number of carbonyl (C=O) groups is 2. The van der Waals surface area contributed by atoms with Crippen molar-refractivity contribution in [1.82, 2.24) is 0 Å². The number of allylic oxidation sites excluding steroid dienone is 1. The van der Waals surface area contributed by atoms with Gasteiger partial charge in [0.2, 0.25) is 6.29 Å². The number of hydrogen-bond acceptors (Lipinski definition) is 9. The molecule has 0 unspecified atom stereocenters. The summed E-state index contributed by atoms with van der Waals surface area (Å²) in [5.41, 5.74) is 0.126. The molecular formula is C23H30O9. The molecule has 0 bridgehead atoms. The first-order valence-electron chi connectivity index (χ1n) is 10.8. The third-order valence-electron chi connectivity index (χ3n) is 5.53. The maximum absolute atomic E-state index is 12.8. The zero-order valence-electron chi connectivity index (χ0n) is 18.0. The molecule has 4 N–H and O–H groups in total. The largest absolute Gasteiger partial charge is 0.507 e. The summed E-state index contributed by atoms with van der Waals surface area (Å²) in [4.78, 5) is 25.3. The fourth-order valence-electron chi connectivity index (χ4n) is 3.78. The highest BCUT2D eigenvalue weighted by molar-refractivity contribution is 5.96. The molecule has 2 aliphatic rings. The van der Waals surface area contributed by atoms with E-state index in [4.69, 9.17) is 14.2 Å². The number of Topliss-reactive ketones (excluding diaryl/α,β-unsaturated/α-hetero) is 1. The SMILES string of the molecule is C[C@H]1CC=CCCCCC(=O)Cc2cc(O[C@@H]3O[C@@H](CO)[C@@H](O)[C@H]3O)cc(O)c2C(=O)O1. The van der Waals surface area contributed by atoms with E-state index < -0.39 is 49.0 Å². The van der Waals surface area contributed by atoms with Crippen LogP contribution in [0, 0.1) is 0 Å². The van der Waals surface area contributed by atoms with Crippen LogP contribution in [0.15, 0.2) is 24.3 Å². The zero-order valence-corrected chi connectivity index (χ0v) is 18.0. The van der Waals surface area contributed by atoms with Crippen LogP contribution < -0.4 is 4.74 Å². The average Bonchev–Trinajstić information content (AvgIpc) is 3.00. The Morgan fingerprint density at radius 2 is 1.91 bits per heavy atom.